The Labute approximate surface area is 121 Å². The summed E-state index contributed by atoms with van der Waals surface area (Å²) in [4.78, 5) is 18.8. The van der Waals surface area contributed by atoms with Crippen LogP contribution < -0.4 is 5.32 Å². The number of nitrogens with zero attached hydrogens (tertiary/aromatic N) is 3. The molecule has 2 aromatic rings. The SMILES string of the molecule is CCCNc1ncnc(-c2ccccc2Cl)c1[N+](=O)[O-]. The Morgan fingerprint density at radius 3 is 2.75 bits per heavy atom. The van der Waals surface area contributed by atoms with Crippen LogP contribution in [0.5, 0.6) is 0 Å². The lowest BCUT2D eigenvalue weighted by Gasteiger charge is -2.08. The molecule has 7 heteroatoms. The molecule has 0 fully saturated rings. The van der Waals surface area contributed by atoms with E-state index < -0.39 is 4.92 Å². The van der Waals surface area contributed by atoms with Crippen molar-refractivity contribution in [2.45, 2.75) is 13.3 Å². The molecule has 0 aliphatic heterocycles. The Kier molecular flexibility index (Phi) is 4.47. The minimum Gasteiger partial charge on any atom is -0.364 e. The highest BCUT2D eigenvalue weighted by atomic mass is 35.5. The Bertz CT molecular complexity index is 634. The number of hydrogen-bond donors (Lipinski definition) is 1. The normalized spacial score (nSPS) is 10.3. The lowest BCUT2D eigenvalue weighted by molar-refractivity contribution is -0.383. The third kappa shape index (κ3) is 2.85. The summed E-state index contributed by atoms with van der Waals surface area (Å²) in [5.74, 6) is 0.210. The van der Waals surface area contributed by atoms with Gasteiger partial charge in [-0.1, -0.05) is 36.7 Å². The molecule has 0 saturated carbocycles. The smallest absolute Gasteiger partial charge is 0.337 e. The van der Waals surface area contributed by atoms with Gasteiger partial charge < -0.3 is 5.32 Å². The van der Waals surface area contributed by atoms with Gasteiger partial charge in [0.15, 0.2) is 5.69 Å². The Hall–Kier alpha value is -2.21. The van der Waals surface area contributed by atoms with Gasteiger partial charge in [-0.2, -0.15) is 0 Å². The molecule has 0 spiro atoms. The quantitative estimate of drug-likeness (QED) is 0.673. The van der Waals surface area contributed by atoms with Crippen LogP contribution in [-0.2, 0) is 0 Å². The molecule has 1 aromatic carbocycles. The average molecular weight is 293 g/mol. The molecule has 20 heavy (non-hydrogen) atoms. The Morgan fingerprint density at radius 2 is 2.10 bits per heavy atom. The van der Waals surface area contributed by atoms with Crippen LogP contribution in [-0.4, -0.2) is 21.4 Å². The Balaban J connectivity index is 2.58. The van der Waals surface area contributed by atoms with Crippen LogP contribution in [0.25, 0.3) is 11.3 Å². The fourth-order valence-corrected chi connectivity index (χ4v) is 2.00. The van der Waals surface area contributed by atoms with Crippen LogP contribution in [0.1, 0.15) is 13.3 Å². The largest absolute Gasteiger partial charge is 0.364 e. The zero-order chi connectivity index (χ0) is 14.5. The van der Waals surface area contributed by atoms with Crippen molar-refractivity contribution >= 4 is 23.1 Å². The van der Waals surface area contributed by atoms with Crippen LogP contribution in [0.2, 0.25) is 5.02 Å². The lowest BCUT2D eigenvalue weighted by Crippen LogP contribution is -2.07. The van der Waals surface area contributed by atoms with Crippen LogP contribution >= 0.6 is 11.6 Å². The summed E-state index contributed by atoms with van der Waals surface area (Å²) >= 11 is 6.09. The maximum absolute atomic E-state index is 11.3. The summed E-state index contributed by atoms with van der Waals surface area (Å²) in [5, 5.41) is 14.7. The maximum Gasteiger partial charge on any atom is 0.337 e. The summed E-state index contributed by atoms with van der Waals surface area (Å²) in [5.41, 5.74) is 0.575. The Morgan fingerprint density at radius 1 is 1.35 bits per heavy atom. The number of rotatable bonds is 5. The van der Waals surface area contributed by atoms with Gasteiger partial charge in [-0.25, -0.2) is 9.97 Å². The standard InChI is InChI=1S/C13H13ClN4O2/c1-2-7-15-13-12(18(19)20)11(16-8-17-13)9-5-3-4-6-10(9)14/h3-6,8H,2,7H2,1H3,(H,15,16,17). The van der Waals surface area contributed by atoms with Gasteiger partial charge in [0.25, 0.3) is 0 Å². The van der Waals surface area contributed by atoms with Crippen molar-refractivity contribution in [2.75, 3.05) is 11.9 Å². The molecule has 0 saturated heterocycles. The van der Waals surface area contributed by atoms with Gasteiger partial charge in [-0.15, -0.1) is 0 Å². The molecule has 1 N–H and O–H groups in total. The van der Waals surface area contributed by atoms with Crippen molar-refractivity contribution in [2.24, 2.45) is 0 Å². The van der Waals surface area contributed by atoms with Crippen molar-refractivity contribution < 1.29 is 4.92 Å². The van der Waals surface area contributed by atoms with Crippen LogP contribution in [0.4, 0.5) is 11.5 Å². The number of aromatic nitrogens is 2. The fraction of sp³-hybridized carbons (Fsp3) is 0.231. The number of benzene rings is 1. The van der Waals surface area contributed by atoms with E-state index in [9.17, 15) is 10.1 Å². The topological polar surface area (TPSA) is 81.0 Å². The van der Waals surface area contributed by atoms with E-state index in [0.29, 0.717) is 17.1 Å². The molecule has 1 heterocycles. The van der Waals surface area contributed by atoms with Gasteiger partial charge >= 0.3 is 5.69 Å². The summed E-state index contributed by atoms with van der Waals surface area (Å²) in [7, 11) is 0. The molecular formula is C13H13ClN4O2. The lowest BCUT2D eigenvalue weighted by atomic mass is 10.1. The molecule has 6 nitrogen and oxygen atoms in total. The van der Waals surface area contributed by atoms with Crippen molar-refractivity contribution in [3.05, 3.63) is 45.7 Å². The minimum atomic E-state index is -0.489. The third-order valence-corrected chi connectivity index (χ3v) is 3.01. The first-order valence-corrected chi connectivity index (χ1v) is 6.51. The van der Waals surface area contributed by atoms with Gasteiger partial charge in [-0.05, 0) is 12.5 Å². The van der Waals surface area contributed by atoms with Gasteiger partial charge in [0.05, 0.1) is 9.95 Å². The molecule has 104 valence electrons. The molecule has 0 radical (unpaired) electrons. The summed E-state index contributed by atoms with van der Waals surface area (Å²) in [6.45, 7) is 2.56. The predicted octanol–water partition coefficient (Wildman–Crippen LogP) is 3.53. The second-order valence-corrected chi connectivity index (χ2v) is 4.49. The van der Waals surface area contributed by atoms with Crippen molar-refractivity contribution in [3.8, 4) is 11.3 Å². The van der Waals surface area contributed by atoms with Crippen molar-refractivity contribution in [1.29, 1.82) is 0 Å². The summed E-state index contributed by atoms with van der Waals surface area (Å²) < 4.78 is 0. The zero-order valence-corrected chi connectivity index (χ0v) is 11.6. The predicted molar refractivity (Wildman–Crippen MR) is 77.9 cm³/mol. The molecule has 1 aromatic heterocycles. The van der Waals surface area contributed by atoms with Gasteiger partial charge in [0.1, 0.15) is 6.33 Å². The molecule has 0 bridgehead atoms. The molecule has 0 unspecified atom stereocenters. The van der Waals surface area contributed by atoms with E-state index in [4.69, 9.17) is 11.6 Å². The van der Waals surface area contributed by atoms with E-state index in [-0.39, 0.29) is 17.2 Å². The van der Waals surface area contributed by atoms with Crippen molar-refractivity contribution in [3.63, 3.8) is 0 Å². The van der Waals surface area contributed by atoms with E-state index in [0.717, 1.165) is 6.42 Å². The monoisotopic (exact) mass is 292 g/mol. The van der Waals surface area contributed by atoms with Gasteiger partial charge in [-0.3, -0.25) is 10.1 Å². The molecular weight excluding hydrogens is 280 g/mol. The second kappa shape index (κ2) is 6.29. The number of nitrogens with one attached hydrogen (secondary N) is 1. The molecule has 0 aliphatic carbocycles. The minimum absolute atomic E-state index is 0.158. The number of anilines is 1. The molecule has 0 atom stereocenters. The number of nitro groups is 1. The van der Waals surface area contributed by atoms with E-state index >= 15 is 0 Å². The second-order valence-electron chi connectivity index (χ2n) is 4.08. The van der Waals surface area contributed by atoms with Crippen LogP contribution in [0.3, 0.4) is 0 Å². The highest BCUT2D eigenvalue weighted by Gasteiger charge is 2.24. The van der Waals surface area contributed by atoms with Gasteiger partial charge in [0.2, 0.25) is 5.82 Å². The van der Waals surface area contributed by atoms with Crippen LogP contribution in [0.15, 0.2) is 30.6 Å². The van der Waals surface area contributed by atoms with Crippen LogP contribution in [0, 0.1) is 10.1 Å². The highest BCUT2D eigenvalue weighted by Crippen LogP contribution is 2.36. The maximum atomic E-state index is 11.3. The van der Waals surface area contributed by atoms with Gasteiger partial charge in [0, 0.05) is 12.1 Å². The van der Waals surface area contributed by atoms with E-state index in [2.05, 4.69) is 15.3 Å². The summed E-state index contributed by atoms with van der Waals surface area (Å²) in [6.07, 6.45) is 2.13. The molecule has 0 amide bonds. The first-order valence-electron chi connectivity index (χ1n) is 6.13. The first kappa shape index (κ1) is 14.2. The average Bonchev–Trinajstić information content (AvgIpc) is 2.45. The third-order valence-electron chi connectivity index (χ3n) is 2.68. The number of hydrogen-bond acceptors (Lipinski definition) is 5. The van der Waals surface area contributed by atoms with E-state index in [1.165, 1.54) is 6.33 Å². The van der Waals surface area contributed by atoms with E-state index in [1.807, 2.05) is 6.92 Å². The zero-order valence-electron chi connectivity index (χ0n) is 10.8. The molecule has 2 rings (SSSR count). The first-order chi connectivity index (χ1) is 9.65. The fourth-order valence-electron chi connectivity index (χ4n) is 1.77. The highest BCUT2D eigenvalue weighted by molar-refractivity contribution is 6.33. The number of halogens is 1. The van der Waals surface area contributed by atoms with Crippen molar-refractivity contribution in [1.82, 2.24) is 9.97 Å². The summed E-state index contributed by atoms with van der Waals surface area (Å²) in [6, 6.07) is 6.88. The van der Waals surface area contributed by atoms with E-state index in [1.54, 1.807) is 24.3 Å². The molecule has 0 aliphatic rings.